The van der Waals surface area contributed by atoms with E-state index in [1.54, 1.807) is 0 Å². The van der Waals surface area contributed by atoms with Crippen LogP contribution in [-0.4, -0.2) is 4.98 Å². The van der Waals surface area contributed by atoms with Crippen molar-refractivity contribution >= 4 is 27.0 Å². The second kappa shape index (κ2) is 2.94. The van der Waals surface area contributed by atoms with Gasteiger partial charge in [-0.05, 0) is 0 Å². The van der Waals surface area contributed by atoms with Crippen LogP contribution in [0.15, 0.2) is 9.22 Å². The van der Waals surface area contributed by atoms with Gasteiger partial charge in [0.2, 0.25) is 11.6 Å². The average Bonchev–Trinajstić information content (AvgIpc) is 2.54. The highest BCUT2D eigenvalue weighted by molar-refractivity contribution is 9.10. The van der Waals surface area contributed by atoms with Crippen LogP contribution in [0.25, 0.3) is 11.1 Å². The van der Waals surface area contributed by atoms with Crippen molar-refractivity contribution in [3.8, 4) is 0 Å². The first-order chi connectivity index (χ1) is 6.52. The van der Waals surface area contributed by atoms with Crippen LogP contribution >= 0.6 is 15.9 Å². The van der Waals surface area contributed by atoms with Gasteiger partial charge in [0.1, 0.15) is 0 Å². The molecule has 74 valence electrons. The third-order valence-corrected chi connectivity index (χ3v) is 1.93. The zero-order chi connectivity index (χ0) is 10.5. The molecule has 14 heavy (non-hydrogen) atoms. The first-order valence-electron chi connectivity index (χ1n) is 3.30. The molecule has 1 aromatic carbocycles. The van der Waals surface area contributed by atoms with Crippen LogP contribution in [0, 0.1) is 23.3 Å². The molecule has 2 aromatic rings. The molecule has 0 saturated carbocycles. The number of hydrogen-bond acceptors (Lipinski definition) is 2. The van der Waals surface area contributed by atoms with E-state index in [9.17, 15) is 17.6 Å². The van der Waals surface area contributed by atoms with Gasteiger partial charge in [-0.1, -0.05) is 0 Å². The molecule has 0 saturated heterocycles. The Balaban J connectivity index is 3.01. The molecule has 2 rings (SSSR count). The van der Waals surface area contributed by atoms with E-state index >= 15 is 0 Å². The van der Waals surface area contributed by atoms with Crippen LogP contribution in [0.2, 0.25) is 0 Å². The highest BCUT2D eigenvalue weighted by Crippen LogP contribution is 2.28. The van der Waals surface area contributed by atoms with Gasteiger partial charge in [-0.25, -0.2) is 13.2 Å². The van der Waals surface area contributed by atoms with Gasteiger partial charge in [-0.3, -0.25) is 0 Å². The summed E-state index contributed by atoms with van der Waals surface area (Å²) in [5.74, 6) is -7.00. The standard InChI is InChI=1S/C7BrF4NO/c8-7-13-5-3(11)1(9)2(10)4(12)6(5)14-7. The molecule has 1 heterocycles. The third kappa shape index (κ3) is 1.12. The van der Waals surface area contributed by atoms with Crippen LogP contribution in [0.1, 0.15) is 0 Å². The molecule has 0 aliphatic carbocycles. The number of halogens is 5. The molecule has 0 bridgehead atoms. The molecule has 0 spiro atoms. The summed E-state index contributed by atoms with van der Waals surface area (Å²) in [7, 11) is 0. The molecule has 0 radical (unpaired) electrons. The topological polar surface area (TPSA) is 26.0 Å². The number of aromatic nitrogens is 1. The number of fused-ring (bicyclic) bond motifs is 1. The normalized spacial score (nSPS) is 11.2. The summed E-state index contributed by atoms with van der Waals surface area (Å²) in [6, 6.07) is 0. The van der Waals surface area contributed by atoms with Crippen molar-refractivity contribution in [3.63, 3.8) is 0 Å². The Morgan fingerprint density at radius 1 is 0.929 bits per heavy atom. The lowest BCUT2D eigenvalue weighted by Crippen LogP contribution is -1.96. The SMILES string of the molecule is Fc1c(F)c(F)c2oc(Br)nc2c1F. The Kier molecular flexibility index (Phi) is 1.99. The monoisotopic (exact) mass is 269 g/mol. The molecule has 7 heteroatoms. The van der Waals surface area contributed by atoms with Crippen LogP contribution in [0.5, 0.6) is 0 Å². The number of nitrogens with zero attached hydrogens (tertiary/aromatic N) is 1. The summed E-state index contributed by atoms with van der Waals surface area (Å²) >= 11 is 2.69. The Morgan fingerprint density at radius 2 is 1.50 bits per heavy atom. The van der Waals surface area contributed by atoms with Crippen LogP contribution in [0.3, 0.4) is 0 Å². The quantitative estimate of drug-likeness (QED) is 0.417. The smallest absolute Gasteiger partial charge is 0.265 e. The summed E-state index contributed by atoms with van der Waals surface area (Å²) in [4.78, 5) is 3.05. The van der Waals surface area contributed by atoms with Crippen molar-refractivity contribution in [2.24, 2.45) is 0 Å². The maximum absolute atomic E-state index is 12.9. The molecule has 0 unspecified atom stereocenters. The summed E-state index contributed by atoms with van der Waals surface area (Å²) in [6.45, 7) is 0. The van der Waals surface area contributed by atoms with E-state index in [1.165, 1.54) is 0 Å². The van der Waals surface area contributed by atoms with E-state index in [0.29, 0.717) is 0 Å². The van der Waals surface area contributed by atoms with Gasteiger partial charge >= 0.3 is 0 Å². The van der Waals surface area contributed by atoms with E-state index in [2.05, 4.69) is 25.3 Å². The molecule has 2 nitrogen and oxygen atoms in total. The van der Waals surface area contributed by atoms with Gasteiger partial charge in [-0.15, -0.1) is 0 Å². The molecular weight excluding hydrogens is 270 g/mol. The zero-order valence-corrected chi connectivity index (χ0v) is 7.83. The first kappa shape index (κ1) is 9.45. The van der Waals surface area contributed by atoms with Crippen molar-refractivity contribution in [2.45, 2.75) is 0 Å². The van der Waals surface area contributed by atoms with Crippen molar-refractivity contribution in [2.75, 3.05) is 0 Å². The van der Waals surface area contributed by atoms with Crippen molar-refractivity contribution < 1.29 is 22.0 Å². The molecular formula is C7BrF4NO. The van der Waals surface area contributed by atoms with E-state index in [-0.39, 0.29) is 4.80 Å². The van der Waals surface area contributed by atoms with Gasteiger partial charge in [0, 0.05) is 15.9 Å². The Hall–Kier alpha value is -1.11. The fraction of sp³-hybridized carbons (Fsp3) is 0. The van der Waals surface area contributed by atoms with E-state index < -0.39 is 34.4 Å². The molecule has 0 amide bonds. The van der Waals surface area contributed by atoms with Crippen LogP contribution < -0.4 is 0 Å². The minimum Gasteiger partial charge on any atom is -0.428 e. The lowest BCUT2D eigenvalue weighted by atomic mass is 10.3. The predicted molar refractivity (Wildman–Crippen MR) is 41.5 cm³/mol. The molecule has 0 aliphatic heterocycles. The Bertz CT molecular complexity index is 479. The maximum Gasteiger partial charge on any atom is 0.265 e. The molecule has 0 atom stereocenters. The van der Waals surface area contributed by atoms with Gasteiger partial charge in [-0.2, -0.15) is 9.37 Å². The van der Waals surface area contributed by atoms with Gasteiger partial charge in [0.05, 0.1) is 0 Å². The summed E-state index contributed by atoms with van der Waals surface area (Å²) in [5.41, 5.74) is -1.44. The summed E-state index contributed by atoms with van der Waals surface area (Å²) < 4.78 is 55.6. The first-order valence-corrected chi connectivity index (χ1v) is 4.09. The fourth-order valence-corrected chi connectivity index (χ4v) is 1.33. The zero-order valence-electron chi connectivity index (χ0n) is 6.25. The number of rotatable bonds is 0. The lowest BCUT2D eigenvalue weighted by molar-refractivity contribution is 0.409. The maximum atomic E-state index is 12.9. The predicted octanol–water partition coefficient (Wildman–Crippen LogP) is 3.15. The highest BCUT2D eigenvalue weighted by Gasteiger charge is 2.24. The van der Waals surface area contributed by atoms with Gasteiger partial charge in [0.15, 0.2) is 22.7 Å². The summed E-state index contributed by atoms with van der Waals surface area (Å²) in [5, 5.41) is 0. The number of oxazole rings is 1. The Morgan fingerprint density at radius 3 is 2.14 bits per heavy atom. The minimum atomic E-state index is -1.92. The largest absolute Gasteiger partial charge is 0.428 e. The molecule has 0 N–H and O–H groups in total. The number of benzene rings is 1. The van der Waals surface area contributed by atoms with Crippen LogP contribution in [-0.2, 0) is 0 Å². The van der Waals surface area contributed by atoms with Gasteiger partial charge < -0.3 is 4.42 Å². The Labute approximate surface area is 82.7 Å². The van der Waals surface area contributed by atoms with E-state index in [0.717, 1.165) is 0 Å². The molecule has 0 fully saturated rings. The van der Waals surface area contributed by atoms with Crippen molar-refractivity contribution in [1.29, 1.82) is 0 Å². The van der Waals surface area contributed by atoms with E-state index in [4.69, 9.17) is 0 Å². The molecule has 1 aromatic heterocycles. The van der Waals surface area contributed by atoms with Crippen molar-refractivity contribution in [3.05, 3.63) is 28.1 Å². The second-order valence-corrected chi connectivity index (χ2v) is 3.08. The fourth-order valence-electron chi connectivity index (χ4n) is 0.988. The summed E-state index contributed by atoms with van der Waals surface area (Å²) in [6.07, 6.45) is 0. The third-order valence-electron chi connectivity index (χ3n) is 1.59. The van der Waals surface area contributed by atoms with E-state index in [1.807, 2.05) is 0 Å². The average molecular weight is 270 g/mol. The van der Waals surface area contributed by atoms with Crippen molar-refractivity contribution in [1.82, 2.24) is 4.98 Å². The van der Waals surface area contributed by atoms with Crippen LogP contribution in [0.4, 0.5) is 17.6 Å². The highest BCUT2D eigenvalue weighted by atomic mass is 79.9. The minimum absolute atomic E-state index is 0.254. The lowest BCUT2D eigenvalue weighted by Gasteiger charge is -1.96. The van der Waals surface area contributed by atoms with Gasteiger partial charge in [0.25, 0.3) is 4.80 Å². The second-order valence-electron chi connectivity index (χ2n) is 2.40. The number of hydrogen-bond donors (Lipinski definition) is 0. The molecule has 0 aliphatic rings.